The van der Waals surface area contributed by atoms with Crippen molar-refractivity contribution in [3.05, 3.63) is 30.0 Å². The number of benzene rings is 1. The monoisotopic (exact) mass is 275 g/mol. The standard InChI is InChI=1S/C15H21N3O2/c1-2-3-9-18(10-6-11-19)15(20)14-12-7-4-5-8-13(12)16-17-14/h4-5,7-8,19H,2-3,6,9-11H2,1H3,(H,16,17). The Morgan fingerprint density at radius 2 is 2.05 bits per heavy atom. The molecule has 0 aliphatic carbocycles. The van der Waals surface area contributed by atoms with Gasteiger partial charge in [-0.2, -0.15) is 5.10 Å². The van der Waals surface area contributed by atoms with E-state index in [4.69, 9.17) is 5.11 Å². The summed E-state index contributed by atoms with van der Waals surface area (Å²) in [5.41, 5.74) is 1.34. The predicted molar refractivity (Wildman–Crippen MR) is 78.6 cm³/mol. The fraction of sp³-hybridized carbons (Fsp3) is 0.467. The number of aliphatic hydroxyl groups excluding tert-OH is 1. The zero-order valence-electron chi connectivity index (χ0n) is 11.8. The molecule has 5 heteroatoms. The van der Waals surface area contributed by atoms with E-state index in [1.54, 1.807) is 4.90 Å². The molecule has 1 aromatic heterocycles. The van der Waals surface area contributed by atoms with Gasteiger partial charge in [0.2, 0.25) is 0 Å². The van der Waals surface area contributed by atoms with Crippen molar-refractivity contribution in [2.75, 3.05) is 19.7 Å². The fourth-order valence-corrected chi connectivity index (χ4v) is 2.20. The average molecular weight is 275 g/mol. The number of carbonyl (C=O) groups is 1. The first-order valence-electron chi connectivity index (χ1n) is 7.11. The van der Waals surface area contributed by atoms with Crippen LogP contribution in [0.1, 0.15) is 36.7 Å². The molecule has 0 saturated heterocycles. The Labute approximate surface area is 118 Å². The van der Waals surface area contributed by atoms with Gasteiger partial charge in [0.25, 0.3) is 5.91 Å². The molecular formula is C15H21N3O2. The van der Waals surface area contributed by atoms with Gasteiger partial charge in [-0.05, 0) is 18.9 Å². The first-order chi connectivity index (χ1) is 9.77. The van der Waals surface area contributed by atoms with E-state index < -0.39 is 0 Å². The summed E-state index contributed by atoms with van der Waals surface area (Å²) >= 11 is 0. The summed E-state index contributed by atoms with van der Waals surface area (Å²) in [4.78, 5) is 14.4. The van der Waals surface area contributed by atoms with Crippen molar-refractivity contribution in [2.45, 2.75) is 26.2 Å². The normalized spacial score (nSPS) is 10.9. The lowest BCUT2D eigenvalue weighted by Crippen LogP contribution is -2.33. The molecule has 0 fully saturated rings. The molecule has 0 radical (unpaired) electrons. The zero-order valence-corrected chi connectivity index (χ0v) is 11.8. The Balaban J connectivity index is 2.21. The lowest BCUT2D eigenvalue weighted by molar-refractivity contribution is 0.0738. The molecule has 0 atom stereocenters. The van der Waals surface area contributed by atoms with Crippen molar-refractivity contribution < 1.29 is 9.90 Å². The van der Waals surface area contributed by atoms with E-state index >= 15 is 0 Å². The van der Waals surface area contributed by atoms with Gasteiger partial charge in [-0.15, -0.1) is 0 Å². The van der Waals surface area contributed by atoms with Crippen molar-refractivity contribution in [1.29, 1.82) is 0 Å². The number of amides is 1. The van der Waals surface area contributed by atoms with Crippen LogP contribution in [0.15, 0.2) is 24.3 Å². The number of nitrogens with zero attached hydrogens (tertiary/aromatic N) is 2. The number of aromatic amines is 1. The molecule has 2 aromatic rings. The first-order valence-corrected chi connectivity index (χ1v) is 7.11. The highest BCUT2D eigenvalue weighted by atomic mass is 16.3. The van der Waals surface area contributed by atoms with E-state index in [0.717, 1.165) is 23.7 Å². The van der Waals surface area contributed by atoms with Gasteiger partial charge in [0, 0.05) is 25.1 Å². The highest BCUT2D eigenvalue weighted by Gasteiger charge is 2.20. The molecule has 0 aliphatic rings. The molecule has 0 spiro atoms. The van der Waals surface area contributed by atoms with Crippen LogP contribution in [-0.2, 0) is 0 Å². The SMILES string of the molecule is CCCCN(CCCO)C(=O)c1n[nH]c2ccccc12. The third kappa shape index (κ3) is 3.17. The molecule has 5 nitrogen and oxygen atoms in total. The van der Waals surface area contributed by atoms with E-state index in [1.807, 2.05) is 24.3 Å². The second-order valence-corrected chi connectivity index (χ2v) is 4.84. The van der Waals surface area contributed by atoms with Crippen LogP contribution in [0.2, 0.25) is 0 Å². The summed E-state index contributed by atoms with van der Waals surface area (Å²) < 4.78 is 0. The summed E-state index contributed by atoms with van der Waals surface area (Å²) in [6.07, 6.45) is 2.58. The van der Waals surface area contributed by atoms with E-state index in [9.17, 15) is 4.79 Å². The number of hydrogen-bond acceptors (Lipinski definition) is 3. The van der Waals surface area contributed by atoms with Gasteiger partial charge in [-0.25, -0.2) is 0 Å². The molecular weight excluding hydrogens is 254 g/mol. The van der Waals surface area contributed by atoms with Crippen LogP contribution in [0.4, 0.5) is 0 Å². The number of carbonyl (C=O) groups excluding carboxylic acids is 1. The third-order valence-corrected chi connectivity index (χ3v) is 3.33. The van der Waals surface area contributed by atoms with Gasteiger partial charge in [-0.1, -0.05) is 31.5 Å². The summed E-state index contributed by atoms with van der Waals surface area (Å²) in [6.45, 7) is 3.46. The van der Waals surface area contributed by atoms with Crippen LogP contribution in [0, 0.1) is 0 Å². The minimum absolute atomic E-state index is 0.0654. The molecule has 20 heavy (non-hydrogen) atoms. The zero-order chi connectivity index (χ0) is 14.4. The van der Waals surface area contributed by atoms with Gasteiger partial charge in [-0.3, -0.25) is 9.89 Å². The molecule has 2 N–H and O–H groups in total. The lowest BCUT2D eigenvalue weighted by atomic mass is 10.2. The topological polar surface area (TPSA) is 69.2 Å². The maximum absolute atomic E-state index is 12.6. The van der Waals surface area contributed by atoms with E-state index in [-0.39, 0.29) is 12.5 Å². The maximum atomic E-state index is 12.6. The van der Waals surface area contributed by atoms with Gasteiger partial charge in [0.05, 0.1) is 5.52 Å². The number of para-hydroxylation sites is 1. The Kier molecular flexibility index (Phi) is 5.12. The number of aliphatic hydroxyl groups is 1. The average Bonchev–Trinajstić information content (AvgIpc) is 2.91. The number of hydrogen-bond donors (Lipinski definition) is 2. The van der Waals surface area contributed by atoms with Gasteiger partial charge in [0.1, 0.15) is 0 Å². The predicted octanol–water partition coefficient (Wildman–Crippen LogP) is 2.19. The molecule has 0 saturated carbocycles. The number of fused-ring (bicyclic) bond motifs is 1. The molecule has 1 amide bonds. The fourth-order valence-electron chi connectivity index (χ4n) is 2.20. The van der Waals surface area contributed by atoms with E-state index in [0.29, 0.717) is 25.2 Å². The third-order valence-electron chi connectivity index (χ3n) is 3.33. The maximum Gasteiger partial charge on any atom is 0.274 e. The quantitative estimate of drug-likeness (QED) is 0.813. The van der Waals surface area contributed by atoms with Gasteiger partial charge < -0.3 is 10.0 Å². The smallest absolute Gasteiger partial charge is 0.274 e. The van der Waals surface area contributed by atoms with Crippen LogP contribution < -0.4 is 0 Å². The first kappa shape index (κ1) is 14.5. The highest BCUT2D eigenvalue weighted by molar-refractivity contribution is 6.04. The molecule has 1 aromatic carbocycles. The van der Waals surface area contributed by atoms with Crippen molar-refractivity contribution in [1.82, 2.24) is 15.1 Å². The largest absolute Gasteiger partial charge is 0.396 e. The molecule has 2 rings (SSSR count). The number of H-pyrrole nitrogens is 1. The van der Waals surface area contributed by atoms with E-state index in [1.165, 1.54) is 0 Å². The van der Waals surface area contributed by atoms with Crippen molar-refractivity contribution in [2.24, 2.45) is 0 Å². The molecule has 108 valence electrons. The van der Waals surface area contributed by atoms with Crippen LogP contribution in [-0.4, -0.2) is 45.8 Å². The van der Waals surface area contributed by atoms with Crippen molar-refractivity contribution >= 4 is 16.8 Å². The summed E-state index contributed by atoms with van der Waals surface area (Å²) in [5, 5.41) is 16.9. The number of rotatable bonds is 7. The Morgan fingerprint density at radius 3 is 2.80 bits per heavy atom. The number of nitrogens with one attached hydrogen (secondary N) is 1. The van der Waals surface area contributed by atoms with Crippen LogP contribution in [0.25, 0.3) is 10.9 Å². The Morgan fingerprint density at radius 1 is 1.30 bits per heavy atom. The van der Waals surface area contributed by atoms with Gasteiger partial charge >= 0.3 is 0 Å². The molecule has 0 aliphatic heterocycles. The summed E-state index contributed by atoms with van der Waals surface area (Å²) in [7, 11) is 0. The van der Waals surface area contributed by atoms with Crippen LogP contribution in [0.5, 0.6) is 0 Å². The Hall–Kier alpha value is -1.88. The van der Waals surface area contributed by atoms with E-state index in [2.05, 4.69) is 17.1 Å². The molecule has 0 unspecified atom stereocenters. The second-order valence-electron chi connectivity index (χ2n) is 4.84. The summed E-state index contributed by atoms with van der Waals surface area (Å²) in [6, 6.07) is 7.62. The lowest BCUT2D eigenvalue weighted by Gasteiger charge is -2.21. The molecule has 1 heterocycles. The van der Waals surface area contributed by atoms with Gasteiger partial charge in [0.15, 0.2) is 5.69 Å². The van der Waals surface area contributed by atoms with Crippen LogP contribution in [0.3, 0.4) is 0 Å². The minimum Gasteiger partial charge on any atom is -0.396 e. The van der Waals surface area contributed by atoms with Crippen LogP contribution >= 0.6 is 0 Å². The van der Waals surface area contributed by atoms with Crippen molar-refractivity contribution in [3.8, 4) is 0 Å². The summed E-state index contributed by atoms with van der Waals surface area (Å²) in [5.74, 6) is -0.0654. The molecule has 0 bridgehead atoms. The number of unbranched alkanes of at least 4 members (excludes halogenated alkanes) is 1. The number of aromatic nitrogens is 2. The second kappa shape index (κ2) is 7.05. The van der Waals surface area contributed by atoms with Crippen molar-refractivity contribution in [3.63, 3.8) is 0 Å². The Bertz CT molecular complexity index is 557. The minimum atomic E-state index is -0.0654. The highest BCUT2D eigenvalue weighted by Crippen LogP contribution is 2.17.